The first-order valence-corrected chi connectivity index (χ1v) is 12.0. The molecule has 174 valence electrons. The lowest BCUT2D eigenvalue weighted by atomic mass is 10.1. The van der Waals surface area contributed by atoms with E-state index in [0.29, 0.717) is 37.2 Å². The fourth-order valence-corrected chi connectivity index (χ4v) is 5.38. The third-order valence-electron chi connectivity index (χ3n) is 6.09. The topological polar surface area (TPSA) is 73.7 Å². The van der Waals surface area contributed by atoms with Crippen molar-refractivity contribution in [2.45, 2.75) is 25.9 Å². The molecule has 0 bridgehead atoms. The van der Waals surface area contributed by atoms with Crippen LogP contribution in [-0.2, 0) is 30.7 Å². The summed E-state index contributed by atoms with van der Waals surface area (Å²) in [5, 5.41) is 0.699. The van der Waals surface area contributed by atoms with Crippen LogP contribution in [0.3, 0.4) is 0 Å². The molecule has 0 saturated carbocycles. The van der Waals surface area contributed by atoms with Crippen molar-refractivity contribution in [3.8, 4) is 11.5 Å². The van der Waals surface area contributed by atoms with Crippen LogP contribution in [0.2, 0.25) is 0 Å². The van der Waals surface area contributed by atoms with Gasteiger partial charge in [-0.3, -0.25) is 14.2 Å². The molecule has 2 aromatic carbocycles. The molecular formula is C26H25N3O4S. The Morgan fingerprint density at radius 2 is 1.88 bits per heavy atom. The number of aryl methyl sites for hydroxylation is 2. The molecule has 0 atom stereocenters. The van der Waals surface area contributed by atoms with Crippen molar-refractivity contribution in [2.24, 2.45) is 0 Å². The van der Waals surface area contributed by atoms with Crippen LogP contribution in [0.25, 0.3) is 10.2 Å². The van der Waals surface area contributed by atoms with E-state index in [4.69, 9.17) is 9.47 Å². The number of para-hydroxylation sites is 1. The zero-order chi connectivity index (χ0) is 23.5. The van der Waals surface area contributed by atoms with Crippen LogP contribution in [0.4, 0.5) is 0 Å². The molecular weight excluding hydrogens is 450 g/mol. The average molecular weight is 476 g/mol. The molecule has 34 heavy (non-hydrogen) atoms. The molecule has 7 nitrogen and oxygen atoms in total. The molecule has 1 aliphatic rings. The minimum absolute atomic E-state index is 0.000652. The van der Waals surface area contributed by atoms with Gasteiger partial charge in [-0.25, -0.2) is 4.98 Å². The monoisotopic (exact) mass is 475 g/mol. The normalized spacial score (nSPS) is 13.0. The first-order valence-electron chi connectivity index (χ1n) is 11.2. The molecule has 1 aliphatic heterocycles. The molecule has 4 aromatic rings. The Labute approximate surface area is 201 Å². The van der Waals surface area contributed by atoms with E-state index in [1.54, 1.807) is 22.9 Å². The smallest absolute Gasteiger partial charge is 0.262 e. The van der Waals surface area contributed by atoms with Gasteiger partial charge in [-0.05, 0) is 48.2 Å². The number of nitrogens with zero attached hydrogens (tertiary/aromatic N) is 3. The fourth-order valence-electron chi connectivity index (χ4n) is 4.19. The van der Waals surface area contributed by atoms with Crippen molar-refractivity contribution in [3.05, 3.63) is 87.3 Å². The number of amides is 1. The van der Waals surface area contributed by atoms with Gasteiger partial charge in [0.25, 0.3) is 11.5 Å². The van der Waals surface area contributed by atoms with Crippen LogP contribution >= 0.6 is 11.3 Å². The third-order valence-corrected chi connectivity index (χ3v) is 7.21. The first kappa shape index (κ1) is 22.2. The predicted octanol–water partition coefficient (Wildman–Crippen LogP) is 3.67. The Kier molecular flexibility index (Phi) is 6.31. The number of hydrogen-bond donors (Lipinski definition) is 0. The maximum atomic E-state index is 13.3. The van der Waals surface area contributed by atoms with Gasteiger partial charge in [0.2, 0.25) is 0 Å². The molecule has 0 spiro atoms. The van der Waals surface area contributed by atoms with Crippen molar-refractivity contribution in [1.82, 2.24) is 14.5 Å². The summed E-state index contributed by atoms with van der Waals surface area (Å²) in [5.74, 6) is 1.43. The Balaban J connectivity index is 1.29. The molecule has 2 aromatic heterocycles. The maximum Gasteiger partial charge on any atom is 0.262 e. The second-order valence-electron chi connectivity index (χ2n) is 8.19. The van der Waals surface area contributed by atoms with E-state index < -0.39 is 0 Å². The number of fused-ring (bicyclic) bond motifs is 3. The van der Waals surface area contributed by atoms with E-state index in [1.165, 1.54) is 11.3 Å². The fraction of sp³-hybridized carbons (Fsp3) is 0.269. The van der Waals surface area contributed by atoms with E-state index in [2.05, 4.69) is 4.98 Å². The predicted molar refractivity (Wildman–Crippen MR) is 132 cm³/mol. The van der Waals surface area contributed by atoms with Gasteiger partial charge < -0.3 is 14.4 Å². The summed E-state index contributed by atoms with van der Waals surface area (Å²) in [7, 11) is 1.64. The summed E-state index contributed by atoms with van der Waals surface area (Å²) in [6, 6.07) is 17.2. The Morgan fingerprint density at radius 3 is 2.65 bits per heavy atom. The number of aromatic nitrogens is 2. The molecule has 8 heteroatoms. The molecule has 3 heterocycles. The number of thiophene rings is 1. The van der Waals surface area contributed by atoms with Crippen LogP contribution in [0, 0.1) is 0 Å². The number of ether oxygens (including phenoxy) is 2. The van der Waals surface area contributed by atoms with Crippen molar-refractivity contribution in [1.29, 1.82) is 0 Å². The number of hydrogen-bond acceptors (Lipinski definition) is 6. The van der Waals surface area contributed by atoms with Gasteiger partial charge >= 0.3 is 0 Å². The minimum Gasteiger partial charge on any atom is -0.497 e. The zero-order valence-electron chi connectivity index (χ0n) is 18.9. The summed E-state index contributed by atoms with van der Waals surface area (Å²) < 4.78 is 12.5. The lowest BCUT2D eigenvalue weighted by Gasteiger charge is -2.27. The highest BCUT2D eigenvalue weighted by Gasteiger charge is 2.26. The van der Waals surface area contributed by atoms with Crippen LogP contribution in [0.1, 0.15) is 16.0 Å². The first-order chi connectivity index (χ1) is 16.6. The minimum atomic E-state index is -0.0585. The highest BCUT2D eigenvalue weighted by molar-refractivity contribution is 7.18. The zero-order valence-corrected chi connectivity index (χ0v) is 19.7. The standard InChI is InChI=1S/C26H25N3O4S/c1-32-19-9-7-18(8-10-19)11-13-29-17-27-25-24(26(29)31)21-12-14-28(15-22(21)34-25)23(30)16-33-20-5-3-2-4-6-20/h2-10,17H,11-16H2,1H3. The highest BCUT2D eigenvalue weighted by Crippen LogP contribution is 2.32. The van der Waals surface area contributed by atoms with Crippen LogP contribution < -0.4 is 15.0 Å². The summed E-state index contributed by atoms with van der Waals surface area (Å²) in [6.45, 7) is 1.61. The summed E-state index contributed by atoms with van der Waals surface area (Å²) in [5.41, 5.74) is 2.15. The summed E-state index contributed by atoms with van der Waals surface area (Å²) in [4.78, 5) is 34.1. The largest absolute Gasteiger partial charge is 0.497 e. The Hall–Kier alpha value is -3.65. The summed E-state index contributed by atoms with van der Waals surface area (Å²) >= 11 is 1.50. The van der Waals surface area contributed by atoms with E-state index in [-0.39, 0.29) is 18.1 Å². The van der Waals surface area contributed by atoms with E-state index in [9.17, 15) is 9.59 Å². The third kappa shape index (κ3) is 4.54. The van der Waals surface area contributed by atoms with Gasteiger partial charge in [-0.15, -0.1) is 11.3 Å². The number of carbonyl (C=O) groups excluding carboxylic acids is 1. The lowest BCUT2D eigenvalue weighted by Crippen LogP contribution is -2.38. The van der Waals surface area contributed by atoms with Gasteiger partial charge in [0.05, 0.1) is 25.4 Å². The van der Waals surface area contributed by atoms with E-state index >= 15 is 0 Å². The van der Waals surface area contributed by atoms with Crippen molar-refractivity contribution >= 4 is 27.5 Å². The van der Waals surface area contributed by atoms with Gasteiger partial charge in [-0.1, -0.05) is 30.3 Å². The molecule has 0 radical (unpaired) electrons. The quantitative estimate of drug-likeness (QED) is 0.408. The molecule has 1 amide bonds. The molecule has 0 aliphatic carbocycles. The molecule has 0 saturated heterocycles. The number of rotatable bonds is 7. The molecule has 5 rings (SSSR count). The molecule has 0 N–H and O–H groups in total. The van der Waals surface area contributed by atoms with Crippen molar-refractivity contribution in [3.63, 3.8) is 0 Å². The van der Waals surface area contributed by atoms with Crippen molar-refractivity contribution < 1.29 is 14.3 Å². The van der Waals surface area contributed by atoms with Crippen LogP contribution in [-0.4, -0.2) is 40.6 Å². The van der Waals surface area contributed by atoms with Gasteiger partial charge in [-0.2, -0.15) is 0 Å². The van der Waals surface area contributed by atoms with Gasteiger partial charge in [0.15, 0.2) is 6.61 Å². The van der Waals surface area contributed by atoms with Gasteiger partial charge in [0.1, 0.15) is 16.3 Å². The average Bonchev–Trinajstić information content (AvgIpc) is 3.26. The lowest BCUT2D eigenvalue weighted by molar-refractivity contribution is -0.134. The SMILES string of the molecule is COc1ccc(CCn2cnc3sc4c(c3c2=O)CCN(C(=O)COc2ccccc2)C4)cc1. The summed E-state index contributed by atoms with van der Waals surface area (Å²) in [6.07, 6.45) is 3.01. The second-order valence-corrected chi connectivity index (χ2v) is 9.28. The number of benzene rings is 2. The van der Waals surface area contributed by atoms with E-state index in [1.807, 2.05) is 54.6 Å². The van der Waals surface area contributed by atoms with Crippen molar-refractivity contribution in [2.75, 3.05) is 20.3 Å². The van der Waals surface area contributed by atoms with Crippen LogP contribution in [0.5, 0.6) is 11.5 Å². The Bertz CT molecular complexity index is 1360. The molecule has 0 unspecified atom stereocenters. The molecule has 0 fully saturated rings. The second kappa shape index (κ2) is 9.69. The maximum absolute atomic E-state index is 13.3. The van der Waals surface area contributed by atoms with E-state index in [0.717, 1.165) is 33.0 Å². The number of carbonyl (C=O) groups is 1. The van der Waals surface area contributed by atoms with Crippen LogP contribution in [0.15, 0.2) is 65.7 Å². The van der Waals surface area contributed by atoms with Gasteiger partial charge in [0, 0.05) is 18.0 Å². The highest BCUT2D eigenvalue weighted by atomic mass is 32.1. The Morgan fingerprint density at radius 1 is 1.09 bits per heavy atom. The number of methoxy groups -OCH3 is 1.